The fraction of sp³-hybridized carbons (Fsp3) is 0.417. The average molecular weight is 256 g/mol. The molecular formula is C12H17FN2O3. The van der Waals surface area contributed by atoms with Crippen molar-refractivity contribution in [1.29, 1.82) is 0 Å². The lowest BCUT2D eigenvalue weighted by atomic mass is 10.1. The maximum atomic E-state index is 13.5. The van der Waals surface area contributed by atoms with E-state index in [4.69, 9.17) is 10.5 Å². The smallest absolute Gasteiger partial charge is 0.248 e. The van der Waals surface area contributed by atoms with E-state index in [1.54, 1.807) is 0 Å². The summed E-state index contributed by atoms with van der Waals surface area (Å²) in [6, 6.07) is 4.06. The van der Waals surface area contributed by atoms with Gasteiger partial charge in [0.25, 0.3) is 0 Å². The van der Waals surface area contributed by atoms with Gasteiger partial charge < -0.3 is 20.9 Å². The predicted octanol–water partition coefficient (Wildman–Crippen LogP) is 0.0215. The van der Waals surface area contributed by atoms with Crippen LogP contribution in [0.2, 0.25) is 0 Å². The van der Waals surface area contributed by atoms with Crippen molar-refractivity contribution in [3.05, 3.63) is 35.1 Å². The molecule has 1 unspecified atom stereocenters. The quantitative estimate of drug-likeness (QED) is 0.642. The summed E-state index contributed by atoms with van der Waals surface area (Å²) >= 11 is 0. The number of hydrogen-bond donors (Lipinski definition) is 3. The molecule has 100 valence electrons. The number of amides is 1. The van der Waals surface area contributed by atoms with Crippen molar-refractivity contribution in [2.45, 2.75) is 12.6 Å². The van der Waals surface area contributed by atoms with Crippen LogP contribution in [0.25, 0.3) is 0 Å². The zero-order valence-electron chi connectivity index (χ0n) is 10.1. The first-order chi connectivity index (χ1) is 8.54. The maximum absolute atomic E-state index is 13.5. The fourth-order valence-electron chi connectivity index (χ4n) is 1.47. The van der Waals surface area contributed by atoms with E-state index in [0.717, 1.165) is 6.07 Å². The van der Waals surface area contributed by atoms with Crippen molar-refractivity contribution in [2.75, 3.05) is 20.3 Å². The van der Waals surface area contributed by atoms with Gasteiger partial charge in [-0.2, -0.15) is 0 Å². The number of aliphatic hydroxyl groups excluding tert-OH is 1. The average Bonchev–Trinajstić information content (AvgIpc) is 2.31. The number of hydrogen-bond acceptors (Lipinski definition) is 4. The predicted molar refractivity (Wildman–Crippen MR) is 64.5 cm³/mol. The Balaban J connectivity index is 2.50. The second kappa shape index (κ2) is 7.05. The third kappa shape index (κ3) is 4.40. The zero-order valence-corrected chi connectivity index (χ0v) is 10.1. The van der Waals surface area contributed by atoms with Gasteiger partial charge in [0.15, 0.2) is 0 Å². The van der Waals surface area contributed by atoms with Gasteiger partial charge in [-0.05, 0) is 12.1 Å². The second-order valence-corrected chi connectivity index (χ2v) is 3.91. The number of primary amides is 1. The van der Waals surface area contributed by atoms with Crippen molar-refractivity contribution in [2.24, 2.45) is 5.73 Å². The topological polar surface area (TPSA) is 84.6 Å². The van der Waals surface area contributed by atoms with Crippen LogP contribution >= 0.6 is 0 Å². The minimum atomic E-state index is -0.663. The Bertz CT molecular complexity index is 412. The van der Waals surface area contributed by atoms with Gasteiger partial charge in [0.1, 0.15) is 5.82 Å². The largest absolute Gasteiger partial charge is 0.389 e. The summed E-state index contributed by atoms with van der Waals surface area (Å²) in [4.78, 5) is 10.8. The lowest BCUT2D eigenvalue weighted by Gasteiger charge is -2.11. The first kappa shape index (κ1) is 14.6. The Morgan fingerprint density at radius 3 is 2.89 bits per heavy atom. The molecule has 0 radical (unpaired) electrons. The molecule has 0 aromatic heterocycles. The molecule has 0 saturated carbocycles. The third-order valence-corrected chi connectivity index (χ3v) is 2.39. The summed E-state index contributed by atoms with van der Waals surface area (Å²) < 4.78 is 18.3. The summed E-state index contributed by atoms with van der Waals surface area (Å²) in [7, 11) is 1.49. The van der Waals surface area contributed by atoms with Crippen molar-refractivity contribution in [1.82, 2.24) is 5.32 Å². The number of rotatable bonds is 7. The van der Waals surface area contributed by atoms with Gasteiger partial charge in [-0.25, -0.2) is 4.39 Å². The van der Waals surface area contributed by atoms with Crippen molar-refractivity contribution in [3.63, 3.8) is 0 Å². The van der Waals surface area contributed by atoms with Gasteiger partial charge in [0.05, 0.1) is 12.7 Å². The molecule has 0 fully saturated rings. The van der Waals surface area contributed by atoms with Crippen LogP contribution in [0.5, 0.6) is 0 Å². The number of benzene rings is 1. The first-order valence-corrected chi connectivity index (χ1v) is 5.50. The molecule has 4 N–H and O–H groups in total. The number of carbonyl (C=O) groups excluding carboxylic acids is 1. The number of nitrogens with one attached hydrogen (secondary N) is 1. The third-order valence-electron chi connectivity index (χ3n) is 2.39. The highest BCUT2D eigenvalue weighted by atomic mass is 19.1. The monoisotopic (exact) mass is 256 g/mol. The molecule has 1 aromatic carbocycles. The summed E-state index contributed by atoms with van der Waals surface area (Å²) in [5, 5.41) is 12.3. The summed E-state index contributed by atoms with van der Waals surface area (Å²) in [5.74, 6) is -1.16. The standard InChI is InChI=1S/C12H17FN2O3/c1-18-7-10(16)6-15-5-9-3-2-8(12(14)17)4-11(9)13/h2-4,10,15-16H,5-7H2,1H3,(H2,14,17). The molecular weight excluding hydrogens is 239 g/mol. The van der Waals surface area contributed by atoms with Crippen LogP contribution in [0, 0.1) is 5.82 Å². The van der Waals surface area contributed by atoms with Crippen LogP contribution in [0.4, 0.5) is 4.39 Å². The van der Waals surface area contributed by atoms with E-state index in [1.165, 1.54) is 19.2 Å². The molecule has 0 aliphatic heterocycles. The highest BCUT2D eigenvalue weighted by Gasteiger charge is 2.08. The lowest BCUT2D eigenvalue weighted by molar-refractivity contribution is 0.0643. The highest BCUT2D eigenvalue weighted by Crippen LogP contribution is 2.10. The number of ether oxygens (including phenoxy) is 1. The summed E-state index contributed by atoms with van der Waals surface area (Å²) in [6.07, 6.45) is -0.636. The molecule has 1 aromatic rings. The van der Waals surface area contributed by atoms with Crippen LogP contribution in [-0.2, 0) is 11.3 Å². The van der Waals surface area contributed by atoms with E-state index < -0.39 is 17.8 Å². The van der Waals surface area contributed by atoms with E-state index in [1.807, 2.05) is 0 Å². The molecule has 0 spiro atoms. The molecule has 5 nitrogen and oxygen atoms in total. The number of halogens is 1. The zero-order chi connectivity index (χ0) is 13.5. The Morgan fingerprint density at radius 1 is 1.61 bits per heavy atom. The summed E-state index contributed by atoms with van der Waals surface area (Å²) in [5.41, 5.74) is 5.58. The van der Waals surface area contributed by atoms with E-state index in [9.17, 15) is 14.3 Å². The number of nitrogens with two attached hydrogens (primary N) is 1. The van der Waals surface area contributed by atoms with Crippen LogP contribution in [0.1, 0.15) is 15.9 Å². The number of aliphatic hydroxyl groups is 1. The summed E-state index contributed by atoms with van der Waals surface area (Å²) in [6.45, 7) is 0.770. The second-order valence-electron chi connectivity index (χ2n) is 3.91. The van der Waals surface area contributed by atoms with Gasteiger partial charge in [-0.1, -0.05) is 6.07 Å². The molecule has 6 heteroatoms. The molecule has 0 saturated heterocycles. The molecule has 0 heterocycles. The molecule has 0 aliphatic carbocycles. The van der Waals surface area contributed by atoms with Gasteiger partial charge in [-0.3, -0.25) is 4.79 Å². The lowest BCUT2D eigenvalue weighted by Crippen LogP contribution is -2.30. The van der Waals surface area contributed by atoms with E-state index >= 15 is 0 Å². The molecule has 18 heavy (non-hydrogen) atoms. The molecule has 1 atom stereocenters. The fourth-order valence-corrected chi connectivity index (χ4v) is 1.47. The number of carbonyl (C=O) groups is 1. The Kier molecular flexibility index (Phi) is 5.70. The van der Waals surface area contributed by atoms with Crippen molar-refractivity contribution < 1.29 is 19.0 Å². The highest BCUT2D eigenvalue weighted by molar-refractivity contribution is 5.92. The minimum absolute atomic E-state index is 0.135. The van der Waals surface area contributed by atoms with Gasteiger partial charge in [0.2, 0.25) is 5.91 Å². The van der Waals surface area contributed by atoms with Crippen molar-refractivity contribution >= 4 is 5.91 Å². The van der Waals surface area contributed by atoms with Gasteiger partial charge >= 0.3 is 0 Å². The van der Waals surface area contributed by atoms with Crippen molar-refractivity contribution in [3.8, 4) is 0 Å². The number of methoxy groups -OCH3 is 1. The molecule has 1 rings (SSSR count). The molecule has 1 amide bonds. The molecule has 0 aliphatic rings. The van der Waals surface area contributed by atoms with E-state index in [-0.39, 0.29) is 18.7 Å². The Labute approximate surface area is 105 Å². The minimum Gasteiger partial charge on any atom is -0.389 e. The maximum Gasteiger partial charge on any atom is 0.248 e. The van der Waals surface area contributed by atoms with Gasteiger partial charge in [0, 0.05) is 31.3 Å². The molecule has 0 bridgehead atoms. The van der Waals surface area contributed by atoms with E-state index in [2.05, 4.69) is 5.32 Å². The first-order valence-electron chi connectivity index (χ1n) is 5.50. The van der Waals surface area contributed by atoms with Gasteiger partial charge in [-0.15, -0.1) is 0 Å². The Hall–Kier alpha value is -1.50. The van der Waals surface area contributed by atoms with Crippen LogP contribution in [0.3, 0.4) is 0 Å². The Morgan fingerprint density at radius 2 is 2.33 bits per heavy atom. The van der Waals surface area contributed by atoms with Crippen LogP contribution < -0.4 is 11.1 Å². The SMILES string of the molecule is COCC(O)CNCc1ccc(C(N)=O)cc1F. The van der Waals surface area contributed by atoms with Crippen LogP contribution in [-0.4, -0.2) is 37.4 Å². The normalized spacial score (nSPS) is 12.4. The van der Waals surface area contributed by atoms with Crippen LogP contribution in [0.15, 0.2) is 18.2 Å². The van der Waals surface area contributed by atoms with E-state index in [0.29, 0.717) is 12.1 Å².